The van der Waals surface area contributed by atoms with Gasteiger partial charge in [0, 0.05) is 13.0 Å². The topological polar surface area (TPSA) is 64.7 Å². The highest BCUT2D eigenvalue weighted by molar-refractivity contribution is 5.57. The largest absolute Gasteiger partial charge is 0.495 e. The molecule has 0 spiro atoms. The van der Waals surface area contributed by atoms with Crippen molar-refractivity contribution in [3.05, 3.63) is 23.3 Å². The zero-order valence-corrected chi connectivity index (χ0v) is 10.1. The van der Waals surface area contributed by atoms with E-state index in [1.807, 2.05) is 0 Å². The average Bonchev–Trinajstić information content (AvgIpc) is 2.38. The molecule has 4 nitrogen and oxygen atoms in total. The van der Waals surface area contributed by atoms with Crippen molar-refractivity contribution < 1.29 is 14.6 Å². The molecule has 0 fully saturated rings. The van der Waals surface area contributed by atoms with Crippen LogP contribution in [0.25, 0.3) is 0 Å². The molecular formula is C13H17NO3. The molecular weight excluding hydrogens is 218 g/mol. The summed E-state index contributed by atoms with van der Waals surface area (Å²) in [6.45, 7) is 0.454. The zero-order chi connectivity index (χ0) is 12.7. The minimum atomic E-state index is -0.0662. The molecule has 0 atom stereocenters. The van der Waals surface area contributed by atoms with Gasteiger partial charge in [0.1, 0.15) is 17.1 Å². The van der Waals surface area contributed by atoms with E-state index in [9.17, 15) is 0 Å². The van der Waals surface area contributed by atoms with Gasteiger partial charge in [0.05, 0.1) is 20.8 Å². The molecule has 0 aliphatic carbocycles. The Morgan fingerprint density at radius 1 is 1.24 bits per heavy atom. The van der Waals surface area contributed by atoms with E-state index in [4.69, 9.17) is 20.3 Å². The summed E-state index contributed by atoms with van der Waals surface area (Å²) in [7, 11) is 3.12. The van der Waals surface area contributed by atoms with Crippen LogP contribution in [0.3, 0.4) is 0 Å². The molecule has 1 rings (SSSR count). The highest BCUT2D eigenvalue weighted by Gasteiger charge is 2.10. The highest BCUT2D eigenvalue weighted by atomic mass is 16.5. The third-order valence-electron chi connectivity index (χ3n) is 2.23. The molecule has 0 bridgehead atoms. The fraction of sp³-hybridized carbons (Fsp3) is 0.385. The molecule has 1 aromatic rings. The van der Waals surface area contributed by atoms with Gasteiger partial charge in [-0.3, -0.25) is 0 Å². The number of hydrogen-bond acceptors (Lipinski definition) is 4. The molecule has 0 aliphatic rings. The van der Waals surface area contributed by atoms with E-state index < -0.39 is 0 Å². The van der Waals surface area contributed by atoms with Crippen molar-refractivity contribution in [3.63, 3.8) is 0 Å². The van der Waals surface area contributed by atoms with Gasteiger partial charge in [-0.05, 0) is 17.7 Å². The van der Waals surface area contributed by atoms with E-state index in [2.05, 4.69) is 11.8 Å². The number of benzene rings is 1. The Morgan fingerprint density at radius 2 is 1.82 bits per heavy atom. The first-order valence-corrected chi connectivity index (χ1v) is 5.31. The smallest absolute Gasteiger partial charge is 0.138 e. The lowest BCUT2D eigenvalue weighted by molar-refractivity contribution is 0.280. The van der Waals surface area contributed by atoms with Crippen molar-refractivity contribution >= 4 is 0 Å². The number of aliphatic hydroxyl groups is 1. The maximum absolute atomic E-state index is 9.12. The second-order valence-electron chi connectivity index (χ2n) is 3.37. The number of methoxy groups -OCH3 is 2. The molecule has 0 amide bonds. The third kappa shape index (κ3) is 3.38. The first-order chi connectivity index (χ1) is 8.26. The van der Waals surface area contributed by atoms with Gasteiger partial charge in [-0.1, -0.05) is 11.8 Å². The van der Waals surface area contributed by atoms with Gasteiger partial charge in [0.2, 0.25) is 0 Å². The van der Waals surface area contributed by atoms with Crippen LogP contribution in [0.15, 0.2) is 12.1 Å². The number of hydrogen-bond donors (Lipinski definition) is 2. The Balaban J connectivity index is 3.21. The average molecular weight is 235 g/mol. The van der Waals surface area contributed by atoms with E-state index in [0.717, 1.165) is 5.56 Å². The molecule has 0 aliphatic heterocycles. The Bertz CT molecular complexity index is 407. The SMILES string of the molecule is COc1cc(CO)cc(OC)c1C#CCCN. The van der Waals surface area contributed by atoms with Gasteiger partial charge < -0.3 is 20.3 Å². The van der Waals surface area contributed by atoms with Gasteiger partial charge in [0.15, 0.2) is 0 Å². The molecule has 4 heteroatoms. The summed E-state index contributed by atoms with van der Waals surface area (Å²) in [4.78, 5) is 0. The normalized spacial score (nSPS) is 9.41. The van der Waals surface area contributed by atoms with E-state index in [1.165, 1.54) is 0 Å². The number of aliphatic hydroxyl groups excluding tert-OH is 1. The van der Waals surface area contributed by atoms with Gasteiger partial charge in [-0.25, -0.2) is 0 Å². The van der Waals surface area contributed by atoms with Crippen LogP contribution < -0.4 is 15.2 Å². The van der Waals surface area contributed by atoms with Gasteiger partial charge >= 0.3 is 0 Å². The van der Waals surface area contributed by atoms with Crippen LogP contribution in [-0.4, -0.2) is 25.9 Å². The number of nitrogens with two attached hydrogens (primary N) is 1. The van der Waals surface area contributed by atoms with Crippen LogP contribution in [0.1, 0.15) is 17.5 Å². The Labute approximate surface area is 101 Å². The van der Waals surface area contributed by atoms with Gasteiger partial charge in [-0.2, -0.15) is 0 Å². The number of ether oxygens (including phenoxy) is 2. The molecule has 92 valence electrons. The standard InChI is InChI=1S/C13H17NO3/c1-16-12-7-10(9-15)8-13(17-2)11(12)5-3-4-6-14/h7-8,15H,4,6,9,14H2,1-2H3. The maximum atomic E-state index is 9.12. The fourth-order valence-electron chi connectivity index (χ4n) is 1.40. The van der Waals surface area contributed by atoms with Gasteiger partial charge in [-0.15, -0.1) is 0 Å². The second kappa shape index (κ2) is 6.79. The fourth-order valence-corrected chi connectivity index (χ4v) is 1.40. The number of rotatable bonds is 4. The monoisotopic (exact) mass is 235 g/mol. The Hall–Kier alpha value is -1.70. The molecule has 3 N–H and O–H groups in total. The van der Waals surface area contributed by atoms with Crippen molar-refractivity contribution in [2.45, 2.75) is 13.0 Å². The summed E-state index contributed by atoms with van der Waals surface area (Å²) < 4.78 is 10.5. The predicted molar refractivity (Wildman–Crippen MR) is 66.0 cm³/mol. The van der Waals surface area contributed by atoms with Crippen LogP contribution in [0.4, 0.5) is 0 Å². The van der Waals surface area contributed by atoms with Crippen molar-refractivity contribution in [3.8, 4) is 23.3 Å². The van der Waals surface area contributed by atoms with Crippen LogP contribution in [-0.2, 0) is 6.61 Å². The van der Waals surface area contributed by atoms with Crippen molar-refractivity contribution in [1.82, 2.24) is 0 Å². The van der Waals surface area contributed by atoms with Crippen molar-refractivity contribution in [2.75, 3.05) is 20.8 Å². The molecule has 0 aromatic heterocycles. The van der Waals surface area contributed by atoms with E-state index in [-0.39, 0.29) is 6.61 Å². The first kappa shape index (κ1) is 13.4. The molecule has 17 heavy (non-hydrogen) atoms. The van der Waals surface area contributed by atoms with Crippen LogP contribution >= 0.6 is 0 Å². The van der Waals surface area contributed by atoms with E-state index in [1.54, 1.807) is 26.4 Å². The zero-order valence-electron chi connectivity index (χ0n) is 10.1. The van der Waals surface area contributed by atoms with E-state index >= 15 is 0 Å². The Morgan fingerprint density at radius 3 is 2.24 bits per heavy atom. The van der Waals surface area contributed by atoms with Crippen LogP contribution in [0, 0.1) is 11.8 Å². The Kier molecular flexibility index (Phi) is 5.34. The summed E-state index contributed by atoms with van der Waals surface area (Å²) in [6, 6.07) is 3.49. The van der Waals surface area contributed by atoms with Crippen molar-refractivity contribution in [1.29, 1.82) is 0 Å². The van der Waals surface area contributed by atoms with Crippen molar-refractivity contribution in [2.24, 2.45) is 5.73 Å². The summed E-state index contributed by atoms with van der Waals surface area (Å²) in [5, 5.41) is 9.12. The molecule has 1 aromatic carbocycles. The summed E-state index contributed by atoms with van der Waals surface area (Å²) in [5.74, 6) is 7.11. The predicted octanol–water partition coefficient (Wildman–Crippen LogP) is 0.896. The quantitative estimate of drug-likeness (QED) is 0.761. The maximum Gasteiger partial charge on any atom is 0.138 e. The van der Waals surface area contributed by atoms with Crippen LogP contribution in [0.5, 0.6) is 11.5 Å². The van der Waals surface area contributed by atoms with E-state index in [0.29, 0.717) is 30.0 Å². The molecule has 0 heterocycles. The van der Waals surface area contributed by atoms with Gasteiger partial charge in [0.25, 0.3) is 0 Å². The highest BCUT2D eigenvalue weighted by Crippen LogP contribution is 2.29. The summed E-state index contributed by atoms with van der Waals surface area (Å²) >= 11 is 0. The molecule has 0 radical (unpaired) electrons. The first-order valence-electron chi connectivity index (χ1n) is 5.31. The molecule has 0 saturated heterocycles. The second-order valence-corrected chi connectivity index (χ2v) is 3.37. The summed E-state index contributed by atoms with van der Waals surface area (Å²) in [5.41, 5.74) is 6.79. The lowest BCUT2D eigenvalue weighted by atomic mass is 10.1. The third-order valence-corrected chi connectivity index (χ3v) is 2.23. The molecule has 0 unspecified atom stereocenters. The minimum Gasteiger partial charge on any atom is -0.495 e. The summed E-state index contributed by atoms with van der Waals surface area (Å²) in [6.07, 6.45) is 0.619. The lowest BCUT2D eigenvalue weighted by Crippen LogP contribution is -1.98. The lowest BCUT2D eigenvalue weighted by Gasteiger charge is -2.10. The minimum absolute atomic E-state index is 0.0662. The molecule has 0 saturated carbocycles. The van der Waals surface area contributed by atoms with Crippen LogP contribution in [0.2, 0.25) is 0 Å².